The van der Waals surface area contributed by atoms with Gasteiger partial charge in [-0.1, -0.05) is 33.3 Å². The Morgan fingerprint density at radius 2 is 2.13 bits per heavy atom. The van der Waals surface area contributed by atoms with Crippen LogP contribution in [0.5, 0.6) is 5.88 Å². The summed E-state index contributed by atoms with van der Waals surface area (Å²) in [7, 11) is 1.78. The maximum Gasteiger partial charge on any atom is 0.218 e. The number of unbranched alkanes of at least 4 members (excludes halogenated alkanes) is 1. The number of nitrogens with zero attached hydrogens (tertiary/aromatic N) is 2. The fraction of sp³-hybridized carbons (Fsp3) is 0.647. The van der Waals surface area contributed by atoms with Crippen LogP contribution < -0.4 is 15.4 Å². The van der Waals surface area contributed by atoms with Crippen LogP contribution >= 0.6 is 24.0 Å². The molecule has 0 saturated carbocycles. The molecule has 0 bridgehead atoms. The second kappa shape index (κ2) is 13.4. The second-order valence-corrected chi connectivity index (χ2v) is 5.70. The Balaban J connectivity index is 0.00000484. The lowest BCUT2D eigenvalue weighted by Gasteiger charge is -2.14. The van der Waals surface area contributed by atoms with Gasteiger partial charge in [0.15, 0.2) is 5.96 Å². The molecule has 23 heavy (non-hydrogen) atoms. The number of pyridine rings is 1. The Morgan fingerprint density at radius 3 is 2.78 bits per heavy atom. The minimum atomic E-state index is 0. The molecule has 0 unspecified atom stereocenters. The first-order valence-corrected chi connectivity index (χ1v) is 8.18. The summed E-state index contributed by atoms with van der Waals surface area (Å²) >= 11 is 0. The summed E-state index contributed by atoms with van der Waals surface area (Å²) in [6.45, 7) is 8.86. The zero-order chi connectivity index (χ0) is 16.2. The summed E-state index contributed by atoms with van der Waals surface area (Å²) in [5, 5.41) is 6.63. The highest BCUT2D eigenvalue weighted by atomic mass is 127. The SMILES string of the molecule is CCCCOc1ncccc1CNC(=NC)NCCC(C)C.I. The van der Waals surface area contributed by atoms with E-state index < -0.39 is 0 Å². The van der Waals surface area contributed by atoms with Crippen LogP contribution in [0.15, 0.2) is 23.3 Å². The zero-order valence-corrected chi connectivity index (χ0v) is 17.1. The van der Waals surface area contributed by atoms with Crippen molar-refractivity contribution in [1.82, 2.24) is 15.6 Å². The first kappa shape index (κ1) is 21.9. The quantitative estimate of drug-likeness (QED) is 0.270. The number of guanidine groups is 1. The average molecular weight is 434 g/mol. The lowest BCUT2D eigenvalue weighted by atomic mass is 10.1. The predicted octanol–water partition coefficient (Wildman–Crippen LogP) is 3.59. The molecule has 0 aliphatic rings. The van der Waals surface area contributed by atoms with E-state index in [-0.39, 0.29) is 24.0 Å². The largest absolute Gasteiger partial charge is 0.477 e. The fourth-order valence-electron chi connectivity index (χ4n) is 1.88. The average Bonchev–Trinajstić information content (AvgIpc) is 2.51. The van der Waals surface area contributed by atoms with E-state index in [1.807, 2.05) is 12.1 Å². The maximum absolute atomic E-state index is 5.74. The van der Waals surface area contributed by atoms with Gasteiger partial charge in [0.1, 0.15) is 0 Å². The van der Waals surface area contributed by atoms with Crippen molar-refractivity contribution in [2.24, 2.45) is 10.9 Å². The van der Waals surface area contributed by atoms with Gasteiger partial charge in [-0.25, -0.2) is 4.98 Å². The van der Waals surface area contributed by atoms with Crippen molar-refractivity contribution in [2.75, 3.05) is 20.2 Å². The monoisotopic (exact) mass is 434 g/mol. The van der Waals surface area contributed by atoms with Crippen LogP contribution in [-0.2, 0) is 6.54 Å². The van der Waals surface area contributed by atoms with Crippen LogP contribution in [-0.4, -0.2) is 31.1 Å². The molecule has 0 aliphatic heterocycles. The molecular weight excluding hydrogens is 403 g/mol. The number of rotatable bonds is 9. The molecule has 0 radical (unpaired) electrons. The van der Waals surface area contributed by atoms with Crippen molar-refractivity contribution in [3.63, 3.8) is 0 Å². The van der Waals surface area contributed by atoms with E-state index in [0.717, 1.165) is 37.3 Å². The number of ether oxygens (including phenoxy) is 1. The van der Waals surface area contributed by atoms with Crippen molar-refractivity contribution in [3.8, 4) is 5.88 Å². The fourth-order valence-corrected chi connectivity index (χ4v) is 1.88. The minimum Gasteiger partial charge on any atom is -0.477 e. The third kappa shape index (κ3) is 9.63. The van der Waals surface area contributed by atoms with Crippen LogP contribution in [0.4, 0.5) is 0 Å². The molecule has 0 fully saturated rings. The van der Waals surface area contributed by atoms with Crippen molar-refractivity contribution in [2.45, 2.75) is 46.6 Å². The molecule has 0 saturated heterocycles. The molecule has 132 valence electrons. The summed E-state index contributed by atoms with van der Waals surface area (Å²) in [6, 6.07) is 3.96. The molecule has 0 aliphatic carbocycles. The van der Waals surface area contributed by atoms with Gasteiger partial charge in [-0.2, -0.15) is 0 Å². The van der Waals surface area contributed by atoms with Gasteiger partial charge in [0.05, 0.1) is 6.61 Å². The molecule has 1 heterocycles. The number of nitrogens with one attached hydrogen (secondary N) is 2. The number of aromatic nitrogens is 1. The van der Waals surface area contributed by atoms with Gasteiger partial charge in [-0.15, -0.1) is 24.0 Å². The second-order valence-electron chi connectivity index (χ2n) is 5.70. The van der Waals surface area contributed by atoms with Crippen molar-refractivity contribution < 1.29 is 4.74 Å². The van der Waals surface area contributed by atoms with Crippen LogP contribution in [0.2, 0.25) is 0 Å². The van der Waals surface area contributed by atoms with E-state index in [9.17, 15) is 0 Å². The van der Waals surface area contributed by atoms with E-state index in [0.29, 0.717) is 24.9 Å². The van der Waals surface area contributed by atoms with Gasteiger partial charge in [0.2, 0.25) is 5.88 Å². The zero-order valence-electron chi connectivity index (χ0n) is 14.8. The normalized spacial score (nSPS) is 11.1. The Bertz CT molecular complexity index is 452. The number of hydrogen-bond donors (Lipinski definition) is 2. The van der Waals surface area contributed by atoms with Gasteiger partial charge in [0, 0.05) is 31.9 Å². The third-order valence-corrected chi connectivity index (χ3v) is 3.27. The molecule has 5 nitrogen and oxygen atoms in total. The Kier molecular flexibility index (Phi) is 12.8. The first-order chi connectivity index (χ1) is 10.7. The lowest BCUT2D eigenvalue weighted by molar-refractivity contribution is 0.294. The van der Waals surface area contributed by atoms with Crippen LogP contribution in [0.1, 0.15) is 45.6 Å². The highest BCUT2D eigenvalue weighted by Crippen LogP contribution is 2.14. The van der Waals surface area contributed by atoms with E-state index in [1.165, 1.54) is 0 Å². The topological polar surface area (TPSA) is 58.5 Å². The highest BCUT2D eigenvalue weighted by Gasteiger charge is 2.06. The molecule has 0 amide bonds. The summed E-state index contributed by atoms with van der Waals surface area (Å²) in [5.74, 6) is 2.20. The summed E-state index contributed by atoms with van der Waals surface area (Å²) < 4.78 is 5.74. The van der Waals surface area contributed by atoms with Crippen molar-refractivity contribution in [3.05, 3.63) is 23.9 Å². The number of aliphatic imine (C=N–C) groups is 1. The van der Waals surface area contributed by atoms with Crippen molar-refractivity contribution in [1.29, 1.82) is 0 Å². The maximum atomic E-state index is 5.74. The molecule has 1 aromatic heterocycles. The van der Waals surface area contributed by atoms with E-state index >= 15 is 0 Å². The number of halogens is 1. The first-order valence-electron chi connectivity index (χ1n) is 8.18. The molecule has 0 spiro atoms. The molecule has 2 N–H and O–H groups in total. The van der Waals surface area contributed by atoms with Gasteiger partial charge in [-0.3, -0.25) is 4.99 Å². The van der Waals surface area contributed by atoms with Gasteiger partial charge < -0.3 is 15.4 Å². The molecule has 0 aromatic carbocycles. The Morgan fingerprint density at radius 1 is 1.35 bits per heavy atom. The highest BCUT2D eigenvalue weighted by molar-refractivity contribution is 14.0. The molecule has 6 heteroatoms. The van der Waals surface area contributed by atoms with E-state index in [4.69, 9.17) is 4.74 Å². The molecule has 0 atom stereocenters. The van der Waals surface area contributed by atoms with Crippen molar-refractivity contribution >= 4 is 29.9 Å². The lowest BCUT2D eigenvalue weighted by Crippen LogP contribution is -2.37. The summed E-state index contributed by atoms with van der Waals surface area (Å²) in [5.41, 5.74) is 1.05. The van der Waals surface area contributed by atoms with Gasteiger partial charge >= 0.3 is 0 Å². The van der Waals surface area contributed by atoms with Crippen LogP contribution in [0.3, 0.4) is 0 Å². The predicted molar refractivity (Wildman–Crippen MR) is 108 cm³/mol. The third-order valence-electron chi connectivity index (χ3n) is 3.27. The summed E-state index contributed by atoms with van der Waals surface area (Å²) in [6.07, 6.45) is 5.05. The molecular formula is C17H31IN4O. The van der Waals surface area contributed by atoms with Crippen LogP contribution in [0, 0.1) is 5.92 Å². The van der Waals surface area contributed by atoms with Gasteiger partial charge in [0.25, 0.3) is 0 Å². The minimum absolute atomic E-state index is 0. The van der Waals surface area contributed by atoms with E-state index in [1.54, 1.807) is 13.2 Å². The Hall–Kier alpha value is -1.05. The Labute approximate surface area is 157 Å². The summed E-state index contributed by atoms with van der Waals surface area (Å²) in [4.78, 5) is 8.56. The molecule has 1 rings (SSSR count). The smallest absolute Gasteiger partial charge is 0.218 e. The van der Waals surface area contributed by atoms with Crippen LogP contribution in [0.25, 0.3) is 0 Å². The molecule has 1 aromatic rings. The van der Waals surface area contributed by atoms with Gasteiger partial charge in [-0.05, 0) is 24.8 Å². The number of hydrogen-bond acceptors (Lipinski definition) is 3. The standard InChI is InChI=1S/C17H30N4O.HI/c1-5-6-12-22-16-15(8-7-10-19-16)13-21-17(18-4)20-11-9-14(2)3;/h7-8,10,14H,5-6,9,11-13H2,1-4H3,(H2,18,20,21);1H. The van der Waals surface area contributed by atoms with E-state index in [2.05, 4.69) is 41.4 Å².